The van der Waals surface area contributed by atoms with Gasteiger partial charge in [-0.25, -0.2) is 4.98 Å². The summed E-state index contributed by atoms with van der Waals surface area (Å²) in [6.07, 6.45) is 4.53. The van der Waals surface area contributed by atoms with E-state index in [0.29, 0.717) is 12.4 Å². The van der Waals surface area contributed by atoms with Crippen LogP contribution in [-0.2, 0) is 19.5 Å². The smallest absolute Gasteiger partial charge is 0.255 e. The van der Waals surface area contributed by atoms with E-state index >= 15 is 0 Å². The largest absolute Gasteiger partial charge is 0.310 e. The summed E-state index contributed by atoms with van der Waals surface area (Å²) in [6, 6.07) is 0. The number of aromatic amines is 2. The van der Waals surface area contributed by atoms with Crippen molar-refractivity contribution in [1.82, 2.24) is 25.1 Å². The molecule has 0 radical (unpaired) electrons. The van der Waals surface area contributed by atoms with Crippen LogP contribution in [0.2, 0.25) is 0 Å². The zero-order valence-corrected chi connectivity index (χ0v) is 10.2. The Morgan fingerprint density at radius 3 is 3.17 bits per heavy atom. The van der Waals surface area contributed by atoms with Gasteiger partial charge in [0.05, 0.1) is 17.5 Å². The minimum Gasteiger partial charge on any atom is -0.310 e. The van der Waals surface area contributed by atoms with Crippen molar-refractivity contribution in [1.29, 1.82) is 0 Å². The van der Waals surface area contributed by atoms with Gasteiger partial charge in [0.15, 0.2) is 0 Å². The average molecular weight is 245 g/mol. The number of nitrogens with one attached hydrogen (secondary N) is 2. The quantitative estimate of drug-likeness (QED) is 0.800. The normalized spacial score (nSPS) is 15.6. The van der Waals surface area contributed by atoms with E-state index in [4.69, 9.17) is 0 Å². The minimum absolute atomic E-state index is 0.00519. The van der Waals surface area contributed by atoms with Gasteiger partial charge < -0.3 is 4.98 Å². The third-order valence-corrected chi connectivity index (χ3v) is 3.23. The summed E-state index contributed by atoms with van der Waals surface area (Å²) in [6.45, 7) is 4.21. The van der Waals surface area contributed by atoms with E-state index in [1.165, 1.54) is 0 Å². The van der Waals surface area contributed by atoms with Crippen LogP contribution in [0.25, 0.3) is 0 Å². The van der Waals surface area contributed by atoms with Crippen LogP contribution in [0.15, 0.2) is 17.2 Å². The lowest BCUT2D eigenvalue weighted by Gasteiger charge is -2.27. The van der Waals surface area contributed by atoms with Crippen LogP contribution < -0.4 is 5.56 Å². The highest BCUT2D eigenvalue weighted by Crippen LogP contribution is 2.15. The second-order valence-electron chi connectivity index (χ2n) is 4.64. The molecule has 0 aromatic carbocycles. The van der Waals surface area contributed by atoms with Crippen LogP contribution in [0.4, 0.5) is 0 Å². The second kappa shape index (κ2) is 4.38. The zero-order valence-electron chi connectivity index (χ0n) is 10.2. The maximum atomic E-state index is 11.9. The topological polar surface area (TPSA) is 77.7 Å². The Morgan fingerprint density at radius 1 is 1.50 bits per heavy atom. The fourth-order valence-electron chi connectivity index (χ4n) is 2.36. The Bertz CT molecular complexity index is 601. The summed E-state index contributed by atoms with van der Waals surface area (Å²) in [5.41, 5.74) is 2.87. The molecule has 2 aromatic heterocycles. The molecule has 0 fully saturated rings. The zero-order chi connectivity index (χ0) is 12.5. The standard InChI is InChI=1S/C12H15N5O/c1-8-15-11-2-3-17(6-9-4-13-14-5-9)7-10(11)12(18)16-8/h4-5H,2-3,6-7H2,1H3,(H,13,14)(H,15,16,18). The molecule has 0 saturated heterocycles. The summed E-state index contributed by atoms with van der Waals surface area (Å²) >= 11 is 0. The monoisotopic (exact) mass is 245 g/mol. The maximum Gasteiger partial charge on any atom is 0.255 e. The first-order valence-electron chi connectivity index (χ1n) is 6.01. The molecule has 0 bridgehead atoms. The van der Waals surface area contributed by atoms with Gasteiger partial charge in [-0.1, -0.05) is 0 Å². The molecule has 6 heteroatoms. The summed E-state index contributed by atoms with van der Waals surface area (Å²) in [5, 5.41) is 6.73. The Labute approximate surface area is 104 Å². The molecule has 1 aliphatic heterocycles. The number of hydrogen-bond donors (Lipinski definition) is 2. The molecule has 2 N–H and O–H groups in total. The van der Waals surface area contributed by atoms with Gasteiger partial charge in [0, 0.05) is 37.8 Å². The third-order valence-electron chi connectivity index (χ3n) is 3.23. The number of rotatable bonds is 2. The number of H-pyrrole nitrogens is 2. The molecule has 1 aliphatic rings. The van der Waals surface area contributed by atoms with Crippen LogP contribution in [0.5, 0.6) is 0 Å². The average Bonchev–Trinajstić information content (AvgIpc) is 2.83. The lowest BCUT2D eigenvalue weighted by Crippen LogP contribution is -2.35. The molecular weight excluding hydrogens is 230 g/mol. The summed E-state index contributed by atoms with van der Waals surface area (Å²) in [7, 11) is 0. The molecular formula is C12H15N5O. The van der Waals surface area contributed by atoms with E-state index in [-0.39, 0.29) is 5.56 Å². The summed E-state index contributed by atoms with van der Waals surface area (Å²) in [5.74, 6) is 0.696. The molecule has 0 aliphatic carbocycles. The number of aryl methyl sites for hydroxylation is 1. The molecule has 0 atom stereocenters. The van der Waals surface area contributed by atoms with Crippen molar-refractivity contribution in [2.45, 2.75) is 26.4 Å². The predicted molar refractivity (Wildman–Crippen MR) is 66.0 cm³/mol. The SMILES string of the molecule is Cc1nc2c(c(=O)[nH]1)CN(Cc1cn[nH]c1)CC2. The van der Waals surface area contributed by atoms with Crippen LogP contribution in [0.1, 0.15) is 22.6 Å². The van der Waals surface area contributed by atoms with Gasteiger partial charge in [-0.15, -0.1) is 0 Å². The van der Waals surface area contributed by atoms with E-state index in [2.05, 4.69) is 25.1 Å². The first kappa shape index (κ1) is 11.2. The molecule has 94 valence electrons. The number of nitrogens with zero attached hydrogens (tertiary/aromatic N) is 3. The molecule has 6 nitrogen and oxygen atoms in total. The lowest BCUT2D eigenvalue weighted by molar-refractivity contribution is 0.241. The Hall–Kier alpha value is -1.95. The van der Waals surface area contributed by atoms with Crippen molar-refractivity contribution in [3.63, 3.8) is 0 Å². The van der Waals surface area contributed by atoms with E-state index in [0.717, 1.165) is 36.3 Å². The molecule has 0 saturated carbocycles. The van der Waals surface area contributed by atoms with Crippen molar-refractivity contribution in [3.8, 4) is 0 Å². The minimum atomic E-state index is -0.00519. The highest BCUT2D eigenvalue weighted by molar-refractivity contribution is 5.21. The van der Waals surface area contributed by atoms with Gasteiger partial charge in [-0.2, -0.15) is 5.10 Å². The Morgan fingerprint density at radius 2 is 2.39 bits per heavy atom. The first-order valence-corrected chi connectivity index (χ1v) is 6.01. The first-order chi connectivity index (χ1) is 8.72. The van der Waals surface area contributed by atoms with Crippen LogP contribution in [0.3, 0.4) is 0 Å². The van der Waals surface area contributed by atoms with Crippen LogP contribution in [-0.4, -0.2) is 31.6 Å². The summed E-state index contributed by atoms with van der Waals surface area (Å²) in [4.78, 5) is 21.3. The number of hydrogen-bond acceptors (Lipinski definition) is 4. The number of fused-ring (bicyclic) bond motifs is 1. The lowest BCUT2D eigenvalue weighted by atomic mass is 10.1. The van der Waals surface area contributed by atoms with E-state index < -0.39 is 0 Å². The van der Waals surface area contributed by atoms with E-state index in [9.17, 15) is 4.79 Å². The van der Waals surface area contributed by atoms with Crippen molar-refractivity contribution in [3.05, 3.63) is 45.4 Å². The fourth-order valence-corrected chi connectivity index (χ4v) is 2.36. The van der Waals surface area contributed by atoms with Crippen LogP contribution >= 0.6 is 0 Å². The number of aromatic nitrogens is 4. The van der Waals surface area contributed by atoms with Gasteiger partial charge in [-0.3, -0.25) is 14.8 Å². The van der Waals surface area contributed by atoms with Crippen molar-refractivity contribution < 1.29 is 0 Å². The molecule has 0 spiro atoms. The molecule has 18 heavy (non-hydrogen) atoms. The highest BCUT2D eigenvalue weighted by Gasteiger charge is 2.20. The molecule has 3 heterocycles. The molecule has 0 unspecified atom stereocenters. The molecule has 0 amide bonds. The second-order valence-corrected chi connectivity index (χ2v) is 4.64. The molecule has 3 rings (SSSR count). The molecule has 2 aromatic rings. The third kappa shape index (κ3) is 2.06. The summed E-state index contributed by atoms with van der Waals surface area (Å²) < 4.78 is 0. The van der Waals surface area contributed by atoms with Crippen LogP contribution in [0, 0.1) is 6.92 Å². The maximum absolute atomic E-state index is 11.9. The van der Waals surface area contributed by atoms with Gasteiger partial charge >= 0.3 is 0 Å². The van der Waals surface area contributed by atoms with Crippen molar-refractivity contribution in [2.24, 2.45) is 0 Å². The van der Waals surface area contributed by atoms with Gasteiger partial charge in [0.2, 0.25) is 0 Å². The van der Waals surface area contributed by atoms with Crippen molar-refractivity contribution in [2.75, 3.05) is 6.54 Å². The van der Waals surface area contributed by atoms with E-state index in [1.54, 1.807) is 0 Å². The van der Waals surface area contributed by atoms with Gasteiger partial charge in [0.1, 0.15) is 5.82 Å². The fraction of sp³-hybridized carbons (Fsp3) is 0.417. The van der Waals surface area contributed by atoms with Gasteiger partial charge in [0.25, 0.3) is 5.56 Å². The van der Waals surface area contributed by atoms with Crippen molar-refractivity contribution >= 4 is 0 Å². The highest BCUT2D eigenvalue weighted by atomic mass is 16.1. The van der Waals surface area contributed by atoms with E-state index in [1.807, 2.05) is 19.3 Å². The predicted octanol–water partition coefficient (Wildman–Crippen LogP) is 0.360. The Balaban J connectivity index is 1.83. The van der Waals surface area contributed by atoms with Gasteiger partial charge in [-0.05, 0) is 6.92 Å². The Kier molecular flexibility index (Phi) is 2.71.